The second kappa shape index (κ2) is 15.9. The number of ether oxygens (including phenoxy) is 1. The van der Waals surface area contributed by atoms with Crippen molar-refractivity contribution >= 4 is 50.1 Å². The molecule has 2 atom stereocenters. The number of sulfonamides is 1. The molecule has 0 aliphatic rings. The highest BCUT2D eigenvalue weighted by atomic mass is 127. The summed E-state index contributed by atoms with van der Waals surface area (Å²) in [5.41, 5.74) is 1.96. The molecule has 4 aromatic carbocycles. The number of carbonyl (C=O) groups excluding carboxylic acids is 2. The lowest BCUT2D eigenvalue weighted by atomic mass is 10.0. The fourth-order valence-electron chi connectivity index (χ4n) is 4.82. The van der Waals surface area contributed by atoms with Gasteiger partial charge in [0.15, 0.2) is 0 Å². The van der Waals surface area contributed by atoms with Gasteiger partial charge in [-0.1, -0.05) is 67.6 Å². The highest BCUT2D eigenvalue weighted by Gasteiger charge is 2.35. The zero-order valence-electron chi connectivity index (χ0n) is 25.6. The first-order valence-electron chi connectivity index (χ1n) is 14.7. The normalized spacial score (nSPS) is 12.5. The fourth-order valence-corrected chi connectivity index (χ4v) is 6.61. The van der Waals surface area contributed by atoms with E-state index in [4.69, 9.17) is 4.74 Å². The van der Waals surface area contributed by atoms with E-state index in [0.717, 1.165) is 19.0 Å². The van der Waals surface area contributed by atoms with E-state index in [0.29, 0.717) is 17.9 Å². The van der Waals surface area contributed by atoms with Crippen LogP contribution >= 0.6 is 22.6 Å². The molecule has 4 aromatic rings. The van der Waals surface area contributed by atoms with E-state index in [9.17, 15) is 18.0 Å². The number of hydrogen-bond acceptors (Lipinski definition) is 5. The molecule has 10 heteroatoms. The van der Waals surface area contributed by atoms with Gasteiger partial charge in [0.05, 0.1) is 17.7 Å². The molecule has 0 unspecified atom stereocenters. The zero-order valence-corrected chi connectivity index (χ0v) is 28.6. The van der Waals surface area contributed by atoms with Gasteiger partial charge in [0.25, 0.3) is 10.0 Å². The van der Waals surface area contributed by atoms with Crippen LogP contribution in [-0.2, 0) is 32.6 Å². The van der Waals surface area contributed by atoms with Crippen LogP contribution in [0.4, 0.5) is 5.69 Å². The second-order valence-electron chi connectivity index (χ2n) is 10.7. The minimum absolute atomic E-state index is 0.0612. The first kappa shape index (κ1) is 34.0. The van der Waals surface area contributed by atoms with Crippen molar-refractivity contribution in [1.82, 2.24) is 10.2 Å². The topological polar surface area (TPSA) is 96.0 Å². The molecular formula is C35H38IN3O5S. The highest BCUT2D eigenvalue weighted by Crippen LogP contribution is 2.26. The van der Waals surface area contributed by atoms with Crippen molar-refractivity contribution in [3.63, 3.8) is 0 Å². The van der Waals surface area contributed by atoms with E-state index in [1.54, 1.807) is 55.6 Å². The molecule has 0 heterocycles. The van der Waals surface area contributed by atoms with Crippen LogP contribution in [0.3, 0.4) is 0 Å². The molecule has 0 saturated carbocycles. The molecular weight excluding hydrogens is 701 g/mol. The maximum atomic E-state index is 14.5. The number of nitrogens with zero attached hydrogens (tertiary/aromatic N) is 2. The van der Waals surface area contributed by atoms with E-state index in [-0.39, 0.29) is 29.8 Å². The van der Waals surface area contributed by atoms with Crippen molar-refractivity contribution in [2.45, 2.75) is 50.2 Å². The third kappa shape index (κ3) is 9.07. The van der Waals surface area contributed by atoms with Gasteiger partial charge in [-0.05, 0) is 95.6 Å². The van der Waals surface area contributed by atoms with Crippen molar-refractivity contribution in [3.8, 4) is 5.75 Å². The number of benzene rings is 4. The predicted molar refractivity (Wildman–Crippen MR) is 186 cm³/mol. The third-order valence-electron chi connectivity index (χ3n) is 7.48. The zero-order chi connectivity index (χ0) is 32.4. The van der Waals surface area contributed by atoms with Crippen molar-refractivity contribution < 1.29 is 22.7 Å². The summed E-state index contributed by atoms with van der Waals surface area (Å²) in [6.45, 7) is 3.44. The summed E-state index contributed by atoms with van der Waals surface area (Å²) in [5, 5.41) is 3.05. The standard InChI is InChI=1S/C35H38IN3O5S/c1-4-26(2)37-35(41)33(23-27-12-7-5-8-13-27)38(24-28-14-11-15-31(22-28)44-3)34(40)25-39(30-20-18-29(36)19-21-30)45(42,43)32-16-9-6-10-17-32/h5-22,26,33H,4,23-25H2,1-3H3,(H,37,41)/t26-,33-/m0/s1. The summed E-state index contributed by atoms with van der Waals surface area (Å²) in [7, 11) is -2.58. The molecule has 0 aliphatic carbocycles. The van der Waals surface area contributed by atoms with Crippen molar-refractivity contribution in [3.05, 3.63) is 124 Å². The smallest absolute Gasteiger partial charge is 0.264 e. The van der Waals surface area contributed by atoms with Crippen LogP contribution < -0.4 is 14.4 Å². The summed E-state index contributed by atoms with van der Waals surface area (Å²) in [4.78, 5) is 30.0. The van der Waals surface area contributed by atoms with Gasteiger partial charge in [0.1, 0.15) is 18.3 Å². The van der Waals surface area contributed by atoms with Gasteiger partial charge in [-0.25, -0.2) is 8.42 Å². The number of hydrogen-bond donors (Lipinski definition) is 1. The van der Waals surface area contributed by atoms with Crippen molar-refractivity contribution in [1.29, 1.82) is 0 Å². The van der Waals surface area contributed by atoms with Gasteiger partial charge in [-0.15, -0.1) is 0 Å². The summed E-state index contributed by atoms with van der Waals surface area (Å²) < 4.78 is 35.6. The minimum Gasteiger partial charge on any atom is -0.497 e. The molecule has 0 fully saturated rings. The molecule has 236 valence electrons. The Kier molecular flexibility index (Phi) is 12.0. The molecule has 8 nitrogen and oxygen atoms in total. The Hall–Kier alpha value is -3.90. The first-order valence-corrected chi connectivity index (χ1v) is 17.2. The van der Waals surface area contributed by atoms with Crippen LogP contribution in [0.25, 0.3) is 0 Å². The van der Waals surface area contributed by atoms with E-state index in [1.165, 1.54) is 17.0 Å². The van der Waals surface area contributed by atoms with E-state index in [2.05, 4.69) is 27.9 Å². The summed E-state index contributed by atoms with van der Waals surface area (Å²) in [5.74, 6) is -0.219. The Bertz CT molecular complexity index is 1670. The fraction of sp³-hybridized carbons (Fsp3) is 0.257. The number of rotatable bonds is 14. The predicted octanol–water partition coefficient (Wildman–Crippen LogP) is 6.05. The summed E-state index contributed by atoms with van der Waals surface area (Å²) in [6, 6.07) is 30.7. The minimum atomic E-state index is -4.14. The molecule has 0 aliphatic heterocycles. The molecule has 0 spiro atoms. The van der Waals surface area contributed by atoms with E-state index >= 15 is 0 Å². The maximum absolute atomic E-state index is 14.5. The number of anilines is 1. The highest BCUT2D eigenvalue weighted by molar-refractivity contribution is 14.1. The first-order chi connectivity index (χ1) is 21.6. The molecule has 0 saturated heterocycles. The molecule has 1 N–H and O–H groups in total. The lowest BCUT2D eigenvalue weighted by Gasteiger charge is -2.34. The Morgan fingerprint density at radius 1 is 0.867 bits per heavy atom. The molecule has 0 bridgehead atoms. The van der Waals surface area contributed by atoms with Gasteiger partial charge in [0.2, 0.25) is 11.8 Å². The second-order valence-corrected chi connectivity index (χ2v) is 13.8. The van der Waals surface area contributed by atoms with Crippen LogP contribution in [0.15, 0.2) is 114 Å². The summed E-state index contributed by atoms with van der Waals surface area (Å²) >= 11 is 2.15. The average molecular weight is 740 g/mol. The number of halogens is 1. The van der Waals surface area contributed by atoms with Crippen molar-refractivity contribution in [2.24, 2.45) is 0 Å². The Labute approximate surface area is 279 Å². The van der Waals surface area contributed by atoms with Gasteiger partial charge < -0.3 is 15.0 Å². The monoisotopic (exact) mass is 739 g/mol. The Morgan fingerprint density at radius 2 is 1.49 bits per heavy atom. The SMILES string of the molecule is CC[C@H](C)NC(=O)[C@H](Cc1ccccc1)N(Cc1cccc(OC)c1)C(=O)CN(c1ccc(I)cc1)S(=O)(=O)c1ccccc1. The molecule has 2 amide bonds. The molecule has 45 heavy (non-hydrogen) atoms. The molecule has 4 rings (SSSR count). The maximum Gasteiger partial charge on any atom is 0.264 e. The van der Waals surface area contributed by atoms with Gasteiger partial charge in [0, 0.05) is 22.6 Å². The van der Waals surface area contributed by atoms with Crippen LogP contribution in [0, 0.1) is 3.57 Å². The quantitative estimate of drug-likeness (QED) is 0.159. The average Bonchev–Trinajstić information content (AvgIpc) is 3.06. The number of nitrogens with one attached hydrogen (secondary N) is 1. The number of amides is 2. The van der Waals surface area contributed by atoms with Crippen LogP contribution in [-0.4, -0.2) is 50.9 Å². The van der Waals surface area contributed by atoms with Gasteiger partial charge >= 0.3 is 0 Å². The molecule has 0 radical (unpaired) electrons. The van der Waals surface area contributed by atoms with Crippen LogP contribution in [0.5, 0.6) is 5.75 Å². The number of methoxy groups -OCH3 is 1. The van der Waals surface area contributed by atoms with Crippen molar-refractivity contribution in [2.75, 3.05) is 18.0 Å². The van der Waals surface area contributed by atoms with Crippen LogP contribution in [0.2, 0.25) is 0 Å². The Morgan fingerprint density at radius 3 is 2.11 bits per heavy atom. The van der Waals surface area contributed by atoms with Gasteiger partial charge in [-0.2, -0.15) is 0 Å². The largest absolute Gasteiger partial charge is 0.497 e. The van der Waals surface area contributed by atoms with E-state index in [1.807, 2.05) is 62.4 Å². The van der Waals surface area contributed by atoms with Crippen LogP contribution in [0.1, 0.15) is 31.4 Å². The van der Waals surface area contributed by atoms with Gasteiger partial charge in [-0.3, -0.25) is 13.9 Å². The van der Waals surface area contributed by atoms with E-state index < -0.39 is 28.5 Å². The summed E-state index contributed by atoms with van der Waals surface area (Å²) in [6.07, 6.45) is 0.956. The molecule has 0 aromatic heterocycles. The lowest BCUT2D eigenvalue weighted by molar-refractivity contribution is -0.140. The third-order valence-corrected chi connectivity index (χ3v) is 9.99. The lowest BCUT2D eigenvalue weighted by Crippen LogP contribution is -2.54. The number of carbonyl (C=O) groups is 2. The Balaban J connectivity index is 1.81.